The molecule has 7 nitrogen and oxygen atoms in total. The zero-order valence-electron chi connectivity index (χ0n) is 13.2. The summed E-state index contributed by atoms with van der Waals surface area (Å²) in [7, 11) is 0. The summed E-state index contributed by atoms with van der Waals surface area (Å²) in [6.45, 7) is 3.95. The summed E-state index contributed by atoms with van der Waals surface area (Å²) in [6.07, 6.45) is 7.12. The summed E-state index contributed by atoms with van der Waals surface area (Å²) in [4.78, 5) is 18.2. The number of phenolic OH excluding ortho intramolecular Hbond substituents is 1. The van der Waals surface area contributed by atoms with Crippen LogP contribution in [-0.2, 0) is 0 Å². The molecule has 0 spiro atoms. The molecule has 0 amide bonds. The van der Waals surface area contributed by atoms with E-state index in [2.05, 4.69) is 4.98 Å². The summed E-state index contributed by atoms with van der Waals surface area (Å²) in [6, 6.07) is 7.97. The Hall–Kier alpha value is -3.35. The zero-order valence-corrected chi connectivity index (χ0v) is 13.2. The largest absolute Gasteiger partial charge is 0.505 e. The number of benzene rings is 1. The number of phenols is 1. The average Bonchev–Trinajstić information content (AvgIpc) is 2.54. The van der Waals surface area contributed by atoms with Crippen molar-refractivity contribution in [2.45, 2.75) is 13.8 Å². The van der Waals surface area contributed by atoms with Crippen LogP contribution in [0.3, 0.4) is 0 Å². The molecule has 7 heteroatoms. The van der Waals surface area contributed by atoms with E-state index < -0.39 is 4.92 Å². The fourth-order valence-electron chi connectivity index (χ4n) is 2.50. The molecule has 3 rings (SSSR count). The quantitative estimate of drug-likeness (QED) is 0.686. The number of pyridine rings is 1. The molecule has 0 aliphatic carbocycles. The number of aryl methyl sites for hydroxylation is 2. The zero-order chi connectivity index (χ0) is 17.3. The standard InChI is InChI=1S/C17H16N4O3/c1-12-9-13(2)18-17(10-12)20-7-5-19(6-8-20)15-4-3-14(21(23)24)11-16(15)22/h3-11,22H,1-2H3. The molecule has 0 atom stereocenters. The van der Waals surface area contributed by atoms with Gasteiger partial charge in [-0.25, -0.2) is 4.98 Å². The van der Waals surface area contributed by atoms with E-state index in [1.54, 1.807) is 17.3 Å². The highest BCUT2D eigenvalue weighted by Gasteiger charge is 2.15. The maximum Gasteiger partial charge on any atom is 0.273 e. The molecule has 0 fully saturated rings. The molecule has 1 aromatic heterocycles. The minimum absolute atomic E-state index is 0.151. The first-order chi connectivity index (χ1) is 11.4. The van der Waals surface area contributed by atoms with Crippen LogP contribution in [0.4, 0.5) is 17.2 Å². The Kier molecular flexibility index (Phi) is 3.91. The van der Waals surface area contributed by atoms with Crippen LogP contribution in [0, 0.1) is 24.0 Å². The summed E-state index contributed by atoms with van der Waals surface area (Å²) in [5.41, 5.74) is 2.36. The van der Waals surface area contributed by atoms with Crippen molar-refractivity contribution in [2.75, 3.05) is 9.80 Å². The van der Waals surface area contributed by atoms with E-state index in [-0.39, 0.29) is 11.4 Å². The Morgan fingerprint density at radius 1 is 1.04 bits per heavy atom. The average molecular weight is 324 g/mol. The maximum absolute atomic E-state index is 10.7. The van der Waals surface area contributed by atoms with Crippen LogP contribution in [-0.4, -0.2) is 15.0 Å². The van der Waals surface area contributed by atoms with E-state index in [0.29, 0.717) is 5.69 Å². The van der Waals surface area contributed by atoms with E-state index in [4.69, 9.17) is 0 Å². The SMILES string of the molecule is Cc1cc(C)nc(N2C=CN(c3ccc([N+](=O)[O-])cc3O)C=C2)c1. The fraction of sp³-hybridized carbons (Fsp3) is 0.118. The van der Waals surface area contributed by atoms with Gasteiger partial charge in [0.15, 0.2) is 0 Å². The predicted molar refractivity (Wildman–Crippen MR) is 91.7 cm³/mol. The van der Waals surface area contributed by atoms with Gasteiger partial charge in [0, 0.05) is 36.6 Å². The van der Waals surface area contributed by atoms with E-state index >= 15 is 0 Å². The van der Waals surface area contributed by atoms with Crippen molar-refractivity contribution in [3.63, 3.8) is 0 Å². The van der Waals surface area contributed by atoms with E-state index in [0.717, 1.165) is 23.1 Å². The van der Waals surface area contributed by atoms with Gasteiger partial charge in [-0.05, 0) is 37.6 Å². The monoisotopic (exact) mass is 324 g/mol. The molecule has 24 heavy (non-hydrogen) atoms. The minimum Gasteiger partial charge on any atom is -0.505 e. The highest BCUT2D eigenvalue weighted by atomic mass is 16.6. The van der Waals surface area contributed by atoms with Crippen molar-refractivity contribution in [3.05, 3.63) is 76.5 Å². The van der Waals surface area contributed by atoms with Crippen molar-refractivity contribution in [1.29, 1.82) is 0 Å². The van der Waals surface area contributed by atoms with Crippen LogP contribution >= 0.6 is 0 Å². The van der Waals surface area contributed by atoms with Crippen LogP contribution < -0.4 is 9.80 Å². The number of nitro groups is 1. The lowest BCUT2D eigenvalue weighted by Gasteiger charge is -2.25. The number of non-ortho nitro benzene ring substituents is 1. The number of hydrogen-bond acceptors (Lipinski definition) is 6. The Morgan fingerprint density at radius 2 is 1.71 bits per heavy atom. The van der Waals surface area contributed by atoms with Gasteiger partial charge in [0.05, 0.1) is 16.7 Å². The number of rotatable bonds is 3. The van der Waals surface area contributed by atoms with Crippen molar-refractivity contribution >= 4 is 17.2 Å². The number of nitrogens with zero attached hydrogens (tertiary/aromatic N) is 4. The number of anilines is 2. The minimum atomic E-state index is -0.543. The summed E-state index contributed by atoms with van der Waals surface area (Å²) < 4.78 is 0. The van der Waals surface area contributed by atoms with Crippen LogP contribution in [0.15, 0.2) is 55.1 Å². The fourth-order valence-corrected chi connectivity index (χ4v) is 2.50. The molecule has 1 aliphatic rings. The van der Waals surface area contributed by atoms with Gasteiger partial charge >= 0.3 is 0 Å². The normalized spacial score (nSPS) is 13.4. The molecular weight excluding hydrogens is 308 g/mol. The van der Waals surface area contributed by atoms with E-state index in [1.165, 1.54) is 12.1 Å². The Morgan fingerprint density at radius 3 is 2.29 bits per heavy atom. The van der Waals surface area contributed by atoms with Gasteiger partial charge in [0.25, 0.3) is 5.69 Å². The first-order valence-electron chi connectivity index (χ1n) is 7.30. The van der Waals surface area contributed by atoms with Crippen LogP contribution in [0.1, 0.15) is 11.3 Å². The van der Waals surface area contributed by atoms with Crippen molar-refractivity contribution in [2.24, 2.45) is 0 Å². The Balaban J connectivity index is 1.83. The molecule has 0 bridgehead atoms. The van der Waals surface area contributed by atoms with E-state index in [9.17, 15) is 15.2 Å². The van der Waals surface area contributed by atoms with Gasteiger partial charge in [-0.1, -0.05) is 0 Å². The number of aromatic hydroxyl groups is 1. The Bertz CT molecular complexity index is 827. The van der Waals surface area contributed by atoms with Crippen LogP contribution in [0.5, 0.6) is 5.75 Å². The van der Waals surface area contributed by atoms with Gasteiger partial charge in [0.1, 0.15) is 11.6 Å². The second kappa shape index (κ2) is 6.04. The lowest BCUT2D eigenvalue weighted by atomic mass is 10.2. The van der Waals surface area contributed by atoms with Gasteiger partial charge in [-0.3, -0.25) is 10.1 Å². The third kappa shape index (κ3) is 3.05. The molecule has 1 N–H and O–H groups in total. The van der Waals surface area contributed by atoms with Gasteiger partial charge in [-0.2, -0.15) is 0 Å². The predicted octanol–water partition coefficient (Wildman–Crippen LogP) is 3.58. The molecule has 0 saturated heterocycles. The van der Waals surface area contributed by atoms with Gasteiger partial charge in [-0.15, -0.1) is 0 Å². The topological polar surface area (TPSA) is 82.7 Å². The molecule has 1 aromatic carbocycles. The lowest BCUT2D eigenvalue weighted by molar-refractivity contribution is -0.384. The highest BCUT2D eigenvalue weighted by molar-refractivity contribution is 5.66. The third-order valence-electron chi connectivity index (χ3n) is 3.57. The molecule has 2 heterocycles. The van der Waals surface area contributed by atoms with Crippen molar-refractivity contribution in [1.82, 2.24) is 4.98 Å². The summed E-state index contributed by atoms with van der Waals surface area (Å²) in [5, 5.41) is 20.7. The summed E-state index contributed by atoms with van der Waals surface area (Å²) >= 11 is 0. The maximum atomic E-state index is 10.7. The second-order valence-electron chi connectivity index (χ2n) is 5.49. The second-order valence-corrected chi connectivity index (χ2v) is 5.49. The molecule has 0 saturated carbocycles. The molecular formula is C17H16N4O3. The van der Waals surface area contributed by atoms with Crippen molar-refractivity contribution < 1.29 is 10.0 Å². The highest BCUT2D eigenvalue weighted by Crippen LogP contribution is 2.32. The van der Waals surface area contributed by atoms with Gasteiger partial charge < -0.3 is 14.9 Å². The van der Waals surface area contributed by atoms with Gasteiger partial charge in [0.2, 0.25) is 0 Å². The molecule has 122 valence electrons. The smallest absolute Gasteiger partial charge is 0.273 e. The summed E-state index contributed by atoms with van der Waals surface area (Å²) in [5.74, 6) is 0.643. The molecule has 1 aliphatic heterocycles. The first kappa shape index (κ1) is 15.5. The number of nitro benzene ring substituents is 1. The number of aromatic nitrogens is 1. The van der Waals surface area contributed by atoms with Crippen LogP contribution in [0.2, 0.25) is 0 Å². The first-order valence-corrected chi connectivity index (χ1v) is 7.30. The van der Waals surface area contributed by atoms with Crippen LogP contribution in [0.25, 0.3) is 0 Å². The van der Waals surface area contributed by atoms with E-state index in [1.807, 2.05) is 43.3 Å². The number of hydrogen-bond donors (Lipinski definition) is 1. The van der Waals surface area contributed by atoms with Crippen molar-refractivity contribution in [3.8, 4) is 5.75 Å². The third-order valence-corrected chi connectivity index (χ3v) is 3.57. The lowest BCUT2D eigenvalue weighted by Crippen LogP contribution is -2.19. The Labute approximate surface area is 138 Å². The molecule has 0 radical (unpaired) electrons. The molecule has 2 aromatic rings. The molecule has 0 unspecified atom stereocenters.